The number of fused-ring (bicyclic) bond motifs is 1. The van der Waals surface area contributed by atoms with E-state index in [-0.39, 0.29) is 24.0 Å². The zero-order chi connectivity index (χ0) is 15.5. The molecule has 0 aliphatic rings. The minimum Gasteiger partial charge on any atom is -1.00 e. The third kappa shape index (κ3) is 3.55. The number of rotatable bonds is 4. The second-order valence-electron chi connectivity index (χ2n) is 5.55. The van der Waals surface area contributed by atoms with Gasteiger partial charge < -0.3 is 28.5 Å². The van der Waals surface area contributed by atoms with Crippen LogP contribution in [-0.4, -0.2) is 4.57 Å². The fraction of sp³-hybridized carbons (Fsp3) is 0.150. The summed E-state index contributed by atoms with van der Waals surface area (Å²) in [6.45, 7) is 6.88. The molecule has 0 bridgehead atoms. The highest BCUT2D eigenvalue weighted by molar-refractivity contribution is 5.93. The smallest absolute Gasteiger partial charge is 0.169 e. The summed E-state index contributed by atoms with van der Waals surface area (Å²) in [6, 6.07) is 12.8. The average Bonchev–Trinajstić information content (AvgIpc) is 2.80. The van der Waals surface area contributed by atoms with E-state index >= 15 is 0 Å². The van der Waals surface area contributed by atoms with Gasteiger partial charge in [0.15, 0.2) is 12.4 Å². The molecule has 3 rings (SSSR count). The average molecular weight is 416 g/mol. The normalized spacial score (nSPS) is 10.9. The first-order valence-corrected chi connectivity index (χ1v) is 7.53. The van der Waals surface area contributed by atoms with Crippen molar-refractivity contribution >= 4 is 23.1 Å². The van der Waals surface area contributed by atoms with Crippen LogP contribution in [0.1, 0.15) is 16.8 Å². The number of hydrogen-bond acceptors (Lipinski definition) is 0. The number of para-hydroxylation sites is 1. The molecule has 0 fully saturated rings. The Morgan fingerprint density at radius 2 is 1.78 bits per heavy atom. The SMILES string of the molecule is C=CCn1c(C)c(/C=C/c2cc[n+](C)cc2)c2ccccc21.[I-]. The van der Waals surface area contributed by atoms with Crippen molar-refractivity contribution in [3.8, 4) is 0 Å². The Hall–Kier alpha value is -1.88. The maximum absolute atomic E-state index is 3.87. The molecule has 0 atom stereocenters. The summed E-state index contributed by atoms with van der Waals surface area (Å²) in [7, 11) is 2.03. The fourth-order valence-electron chi connectivity index (χ4n) is 2.84. The van der Waals surface area contributed by atoms with Gasteiger partial charge in [-0.15, -0.1) is 6.58 Å². The molecular formula is C20H21IN2. The molecule has 0 aliphatic carbocycles. The molecule has 3 aromatic rings. The summed E-state index contributed by atoms with van der Waals surface area (Å²) in [4.78, 5) is 0. The van der Waals surface area contributed by atoms with Crippen molar-refractivity contribution in [1.82, 2.24) is 4.57 Å². The highest BCUT2D eigenvalue weighted by Crippen LogP contribution is 2.27. The molecule has 0 saturated carbocycles. The highest BCUT2D eigenvalue weighted by Gasteiger charge is 2.10. The lowest BCUT2D eigenvalue weighted by atomic mass is 10.1. The summed E-state index contributed by atoms with van der Waals surface area (Å²) in [5.74, 6) is 0. The largest absolute Gasteiger partial charge is 1.00 e. The van der Waals surface area contributed by atoms with E-state index in [0.717, 1.165) is 6.54 Å². The second kappa shape index (κ2) is 7.59. The van der Waals surface area contributed by atoms with E-state index in [9.17, 15) is 0 Å². The van der Waals surface area contributed by atoms with Crippen LogP contribution in [0.25, 0.3) is 23.1 Å². The predicted molar refractivity (Wildman–Crippen MR) is 93.4 cm³/mol. The monoisotopic (exact) mass is 416 g/mol. The summed E-state index contributed by atoms with van der Waals surface area (Å²) in [5, 5.41) is 1.29. The molecule has 23 heavy (non-hydrogen) atoms. The summed E-state index contributed by atoms with van der Waals surface area (Å²) in [5.41, 5.74) is 5.03. The van der Waals surface area contributed by atoms with Crippen LogP contribution in [0.15, 0.2) is 61.4 Å². The zero-order valence-electron chi connectivity index (χ0n) is 13.5. The highest BCUT2D eigenvalue weighted by atomic mass is 127. The lowest BCUT2D eigenvalue weighted by Crippen LogP contribution is -3.00. The Balaban J connectivity index is 0.00000192. The number of aryl methyl sites for hydroxylation is 1. The molecule has 118 valence electrons. The number of benzene rings is 1. The van der Waals surface area contributed by atoms with Gasteiger partial charge in [-0.1, -0.05) is 36.4 Å². The second-order valence-corrected chi connectivity index (χ2v) is 5.55. The summed E-state index contributed by atoms with van der Waals surface area (Å²) >= 11 is 0. The number of hydrogen-bond donors (Lipinski definition) is 0. The van der Waals surface area contributed by atoms with Crippen LogP contribution in [0.3, 0.4) is 0 Å². The zero-order valence-corrected chi connectivity index (χ0v) is 15.7. The number of allylic oxidation sites excluding steroid dienone is 1. The topological polar surface area (TPSA) is 8.81 Å². The van der Waals surface area contributed by atoms with Crippen molar-refractivity contribution in [2.24, 2.45) is 7.05 Å². The predicted octanol–water partition coefficient (Wildman–Crippen LogP) is 1.13. The van der Waals surface area contributed by atoms with E-state index in [1.165, 1.54) is 27.7 Å². The molecule has 0 amide bonds. The van der Waals surface area contributed by atoms with Crippen molar-refractivity contribution in [3.63, 3.8) is 0 Å². The van der Waals surface area contributed by atoms with Gasteiger partial charge in [0, 0.05) is 40.8 Å². The lowest BCUT2D eigenvalue weighted by molar-refractivity contribution is -0.671. The van der Waals surface area contributed by atoms with Crippen molar-refractivity contribution in [1.29, 1.82) is 0 Å². The maximum Gasteiger partial charge on any atom is 0.169 e. The van der Waals surface area contributed by atoms with Gasteiger partial charge in [-0.25, -0.2) is 4.57 Å². The minimum absolute atomic E-state index is 0. The molecule has 0 saturated heterocycles. The summed E-state index contributed by atoms with van der Waals surface area (Å²) < 4.78 is 4.35. The minimum atomic E-state index is 0. The molecular weight excluding hydrogens is 395 g/mol. The van der Waals surface area contributed by atoms with Gasteiger partial charge in [0.25, 0.3) is 0 Å². The van der Waals surface area contributed by atoms with Crippen LogP contribution < -0.4 is 28.5 Å². The molecule has 3 heteroatoms. The Bertz CT molecular complexity index is 842. The molecule has 1 aromatic carbocycles. The van der Waals surface area contributed by atoms with E-state index < -0.39 is 0 Å². The van der Waals surface area contributed by atoms with Crippen LogP contribution in [0.2, 0.25) is 0 Å². The van der Waals surface area contributed by atoms with Crippen molar-refractivity contribution in [3.05, 3.63) is 78.3 Å². The first kappa shape index (κ1) is 17.5. The van der Waals surface area contributed by atoms with Gasteiger partial charge in [-0.3, -0.25) is 0 Å². The van der Waals surface area contributed by atoms with Crippen LogP contribution in [-0.2, 0) is 13.6 Å². The molecule has 2 aromatic heterocycles. The van der Waals surface area contributed by atoms with Crippen LogP contribution in [0.4, 0.5) is 0 Å². The van der Waals surface area contributed by atoms with E-state index in [1.54, 1.807) is 0 Å². The number of halogens is 1. The standard InChI is InChI=1S/C20H21N2.HI/c1-4-13-22-16(2)18(19-7-5-6-8-20(19)22)10-9-17-11-14-21(3)15-12-17;/h4-12,14-15H,1,13H2,2-3H3;1H/q+1;/p-1. The van der Waals surface area contributed by atoms with Gasteiger partial charge in [-0.05, 0) is 18.6 Å². The van der Waals surface area contributed by atoms with Gasteiger partial charge in [0.1, 0.15) is 7.05 Å². The number of pyridine rings is 1. The third-order valence-corrected chi connectivity index (χ3v) is 4.04. The number of aromatic nitrogens is 2. The van der Waals surface area contributed by atoms with E-state index in [2.05, 4.69) is 79.0 Å². The molecule has 2 heterocycles. The lowest BCUT2D eigenvalue weighted by Gasteiger charge is -2.04. The first-order chi connectivity index (χ1) is 10.7. The molecule has 2 nitrogen and oxygen atoms in total. The van der Waals surface area contributed by atoms with E-state index in [4.69, 9.17) is 0 Å². The quantitative estimate of drug-likeness (QED) is 0.343. The van der Waals surface area contributed by atoms with Crippen LogP contribution in [0, 0.1) is 6.92 Å². The van der Waals surface area contributed by atoms with Gasteiger partial charge in [-0.2, -0.15) is 0 Å². The van der Waals surface area contributed by atoms with E-state index in [1.807, 2.05) is 17.7 Å². The van der Waals surface area contributed by atoms with Crippen molar-refractivity contribution in [2.75, 3.05) is 0 Å². The van der Waals surface area contributed by atoms with Crippen molar-refractivity contribution < 1.29 is 28.5 Å². The third-order valence-electron chi connectivity index (χ3n) is 4.04. The first-order valence-electron chi connectivity index (χ1n) is 7.53. The van der Waals surface area contributed by atoms with Gasteiger partial charge in [0.05, 0.1) is 0 Å². The van der Waals surface area contributed by atoms with E-state index in [0.29, 0.717) is 0 Å². The van der Waals surface area contributed by atoms with Crippen molar-refractivity contribution in [2.45, 2.75) is 13.5 Å². The molecule has 0 radical (unpaired) electrons. The number of nitrogens with zero attached hydrogens (tertiary/aromatic N) is 2. The van der Waals surface area contributed by atoms with Crippen LogP contribution in [0.5, 0.6) is 0 Å². The molecule has 0 spiro atoms. The van der Waals surface area contributed by atoms with Gasteiger partial charge in [0.2, 0.25) is 0 Å². The Labute approximate surface area is 154 Å². The summed E-state index contributed by atoms with van der Waals surface area (Å²) in [6.07, 6.45) is 10.5. The molecule has 0 N–H and O–H groups in total. The Kier molecular flexibility index (Phi) is 5.77. The Morgan fingerprint density at radius 1 is 1.09 bits per heavy atom. The fourth-order valence-corrected chi connectivity index (χ4v) is 2.84. The molecule has 0 aliphatic heterocycles. The molecule has 0 unspecified atom stereocenters. The maximum atomic E-state index is 3.87. The van der Waals surface area contributed by atoms with Crippen LogP contribution >= 0.6 is 0 Å². The van der Waals surface area contributed by atoms with Gasteiger partial charge >= 0.3 is 0 Å². The Morgan fingerprint density at radius 3 is 2.48 bits per heavy atom.